The van der Waals surface area contributed by atoms with Crippen LogP contribution in [-0.2, 0) is 6.42 Å². The number of H-pyrrole nitrogens is 1. The monoisotopic (exact) mass is 280 g/mol. The molecule has 1 aromatic carbocycles. The molecular formula is C16H16N4O. The van der Waals surface area contributed by atoms with Crippen molar-refractivity contribution >= 4 is 16.8 Å². The van der Waals surface area contributed by atoms with E-state index in [1.54, 1.807) is 19.2 Å². The molecule has 0 unspecified atom stereocenters. The molecule has 0 aliphatic heterocycles. The zero-order valence-corrected chi connectivity index (χ0v) is 11.8. The van der Waals surface area contributed by atoms with Crippen LogP contribution in [0.25, 0.3) is 10.9 Å². The van der Waals surface area contributed by atoms with Crippen molar-refractivity contribution in [2.45, 2.75) is 13.3 Å². The fourth-order valence-corrected chi connectivity index (χ4v) is 2.32. The summed E-state index contributed by atoms with van der Waals surface area (Å²) in [6.07, 6.45) is 4.36. The molecular weight excluding hydrogens is 264 g/mol. The van der Waals surface area contributed by atoms with E-state index in [-0.39, 0.29) is 5.91 Å². The number of amides is 1. The highest BCUT2D eigenvalue weighted by Crippen LogP contribution is 2.17. The average Bonchev–Trinajstić information content (AvgIpc) is 2.91. The van der Waals surface area contributed by atoms with E-state index in [2.05, 4.69) is 26.3 Å². The Balaban J connectivity index is 1.62. The maximum Gasteiger partial charge on any atom is 0.270 e. The van der Waals surface area contributed by atoms with E-state index in [1.165, 1.54) is 10.9 Å². The van der Waals surface area contributed by atoms with Gasteiger partial charge in [-0.05, 0) is 31.0 Å². The van der Waals surface area contributed by atoms with Crippen LogP contribution >= 0.6 is 0 Å². The molecule has 1 amide bonds. The second kappa shape index (κ2) is 5.75. The normalized spacial score (nSPS) is 10.7. The highest BCUT2D eigenvalue weighted by Gasteiger charge is 2.08. The van der Waals surface area contributed by atoms with Crippen molar-refractivity contribution < 1.29 is 4.79 Å². The van der Waals surface area contributed by atoms with Crippen molar-refractivity contribution in [3.63, 3.8) is 0 Å². The first kappa shape index (κ1) is 13.3. The minimum atomic E-state index is -0.166. The lowest BCUT2D eigenvalue weighted by molar-refractivity contribution is 0.0948. The van der Waals surface area contributed by atoms with E-state index >= 15 is 0 Å². The molecule has 5 nitrogen and oxygen atoms in total. The van der Waals surface area contributed by atoms with Crippen molar-refractivity contribution in [3.8, 4) is 0 Å². The molecule has 3 aromatic rings. The Kier molecular flexibility index (Phi) is 3.64. The van der Waals surface area contributed by atoms with E-state index in [9.17, 15) is 4.79 Å². The van der Waals surface area contributed by atoms with Gasteiger partial charge in [0.05, 0.1) is 0 Å². The minimum absolute atomic E-state index is 0.166. The standard InChI is InChI=1S/C16H16N4O/c1-11-17-9-7-15(20-11)16(21)18-8-6-12-10-19-14-5-3-2-4-13(12)14/h2-5,7,9-10,19H,6,8H2,1H3,(H,18,21). The first-order valence-corrected chi connectivity index (χ1v) is 6.87. The minimum Gasteiger partial charge on any atom is -0.361 e. The van der Waals surface area contributed by atoms with Gasteiger partial charge in [0.25, 0.3) is 5.91 Å². The molecule has 0 atom stereocenters. The first-order chi connectivity index (χ1) is 10.2. The molecule has 106 valence electrons. The molecule has 0 bridgehead atoms. The third kappa shape index (κ3) is 2.91. The molecule has 21 heavy (non-hydrogen) atoms. The molecule has 2 aromatic heterocycles. The number of carbonyl (C=O) groups excluding carboxylic acids is 1. The van der Waals surface area contributed by atoms with Crippen molar-refractivity contribution in [2.75, 3.05) is 6.54 Å². The molecule has 0 aliphatic rings. The van der Waals surface area contributed by atoms with E-state index in [0.29, 0.717) is 18.1 Å². The molecule has 0 radical (unpaired) electrons. The number of carbonyl (C=O) groups is 1. The van der Waals surface area contributed by atoms with Crippen LogP contribution in [-0.4, -0.2) is 27.4 Å². The van der Waals surface area contributed by atoms with E-state index in [1.807, 2.05) is 24.4 Å². The Labute approximate surface area is 122 Å². The van der Waals surface area contributed by atoms with Gasteiger partial charge in [0.1, 0.15) is 11.5 Å². The van der Waals surface area contributed by atoms with Crippen molar-refractivity contribution in [2.24, 2.45) is 0 Å². The molecule has 0 saturated carbocycles. The van der Waals surface area contributed by atoms with Gasteiger partial charge in [-0.15, -0.1) is 0 Å². The van der Waals surface area contributed by atoms with Gasteiger partial charge in [-0.3, -0.25) is 4.79 Å². The molecule has 0 spiro atoms. The average molecular weight is 280 g/mol. The zero-order chi connectivity index (χ0) is 14.7. The van der Waals surface area contributed by atoms with Crippen molar-refractivity contribution in [3.05, 3.63) is 59.8 Å². The maximum absolute atomic E-state index is 12.0. The second-order valence-electron chi connectivity index (χ2n) is 4.85. The van der Waals surface area contributed by atoms with Crippen LogP contribution in [0.2, 0.25) is 0 Å². The molecule has 2 N–H and O–H groups in total. The number of aromatic nitrogens is 3. The lowest BCUT2D eigenvalue weighted by Gasteiger charge is -2.04. The zero-order valence-electron chi connectivity index (χ0n) is 11.8. The summed E-state index contributed by atoms with van der Waals surface area (Å²) in [5.74, 6) is 0.430. The summed E-state index contributed by atoms with van der Waals surface area (Å²) in [4.78, 5) is 23.3. The van der Waals surface area contributed by atoms with Crippen molar-refractivity contribution in [1.29, 1.82) is 0 Å². The lowest BCUT2D eigenvalue weighted by Crippen LogP contribution is -2.26. The van der Waals surface area contributed by atoms with Gasteiger partial charge >= 0.3 is 0 Å². The van der Waals surface area contributed by atoms with E-state index in [0.717, 1.165) is 11.9 Å². The fourth-order valence-electron chi connectivity index (χ4n) is 2.32. The van der Waals surface area contributed by atoms with E-state index < -0.39 is 0 Å². The Morgan fingerprint density at radius 1 is 1.29 bits per heavy atom. The van der Waals surface area contributed by atoms with Crippen LogP contribution in [0.1, 0.15) is 21.9 Å². The summed E-state index contributed by atoms with van der Waals surface area (Å²) in [7, 11) is 0. The highest BCUT2D eigenvalue weighted by molar-refractivity contribution is 5.92. The molecule has 3 rings (SSSR count). The summed E-state index contributed by atoms with van der Waals surface area (Å²) in [5.41, 5.74) is 2.72. The maximum atomic E-state index is 12.0. The SMILES string of the molecule is Cc1nccc(C(=O)NCCc2c[nH]c3ccccc23)n1. The second-order valence-corrected chi connectivity index (χ2v) is 4.85. The summed E-state index contributed by atoms with van der Waals surface area (Å²) in [6, 6.07) is 9.76. The topological polar surface area (TPSA) is 70.7 Å². The van der Waals surface area contributed by atoms with Crippen LogP contribution in [0.3, 0.4) is 0 Å². The number of para-hydroxylation sites is 1. The van der Waals surface area contributed by atoms with Gasteiger partial charge in [0, 0.05) is 29.8 Å². The summed E-state index contributed by atoms with van der Waals surface area (Å²) >= 11 is 0. The van der Waals surface area contributed by atoms with Crippen LogP contribution in [0.5, 0.6) is 0 Å². The number of nitrogens with one attached hydrogen (secondary N) is 2. The number of nitrogens with zero attached hydrogens (tertiary/aromatic N) is 2. The number of hydrogen-bond acceptors (Lipinski definition) is 3. The predicted octanol–water partition coefficient (Wildman–Crippen LogP) is 2.24. The number of aromatic amines is 1. The molecule has 0 saturated heterocycles. The first-order valence-electron chi connectivity index (χ1n) is 6.87. The number of fused-ring (bicyclic) bond motifs is 1. The Morgan fingerprint density at radius 2 is 2.14 bits per heavy atom. The smallest absolute Gasteiger partial charge is 0.270 e. The summed E-state index contributed by atoms with van der Waals surface area (Å²) in [5, 5.41) is 4.08. The lowest BCUT2D eigenvalue weighted by atomic mass is 10.1. The van der Waals surface area contributed by atoms with Crippen LogP contribution in [0.15, 0.2) is 42.7 Å². The number of rotatable bonds is 4. The van der Waals surface area contributed by atoms with E-state index in [4.69, 9.17) is 0 Å². The highest BCUT2D eigenvalue weighted by atomic mass is 16.1. The third-order valence-electron chi connectivity index (χ3n) is 3.36. The number of hydrogen-bond donors (Lipinski definition) is 2. The van der Waals surface area contributed by atoms with Crippen LogP contribution < -0.4 is 5.32 Å². The number of aryl methyl sites for hydroxylation is 1. The van der Waals surface area contributed by atoms with Gasteiger partial charge in [0.15, 0.2) is 0 Å². The van der Waals surface area contributed by atoms with Crippen LogP contribution in [0.4, 0.5) is 0 Å². The Hall–Kier alpha value is -2.69. The fraction of sp³-hybridized carbons (Fsp3) is 0.188. The van der Waals surface area contributed by atoms with Gasteiger partial charge in [0.2, 0.25) is 0 Å². The molecule has 0 aliphatic carbocycles. The summed E-state index contributed by atoms with van der Waals surface area (Å²) < 4.78 is 0. The summed E-state index contributed by atoms with van der Waals surface area (Å²) in [6.45, 7) is 2.34. The Morgan fingerprint density at radius 3 is 3.00 bits per heavy atom. The number of benzene rings is 1. The molecule has 0 fully saturated rings. The molecule has 5 heteroatoms. The van der Waals surface area contributed by atoms with Gasteiger partial charge in [-0.2, -0.15) is 0 Å². The molecule has 2 heterocycles. The third-order valence-corrected chi connectivity index (χ3v) is 3.36. The van der Waals surface area contributed by atoms with Crippen LogP contribution in [0, 0.1) is 6.92 Å². The largest absolute Gasteiger partial charge is 0.361 e. The quantitative estimate of drug-likeness (QED) is 0.770. The van der Waals surface area contributed by atoms with Gasteiger partial charge in [-0.1, -0.05) is 18.2 Å². The van der Waals surface area contributed by atoms with Crippen molar-refractivity contribution in [1.82, 2.24) is 20.3 Å². The van der Waals surface area contributed by atoms with Gasteiger partial charge < -0.3 is 10.3 Å². The Bertz CT molecular complexity index is 779. The predicted molar refractivity (Wildman–Crippen MR) is 81.1 cm³/mol. The van der Waals surface area contributed by atoms with Gasteiger partial charge in [-0.25, -0.2) is 9.97 Å².